The molecule has 1 aromatic rings. The minimum absolute atomic E-state index is 0.248. The molecule has 0 saturated carbocycles. The van der Waals surface area contributed by atoms with E-state index in [1.165, 1.54) is 0 Å². The van der Waals surface area contributed by atoms with Gasteiger partial charge in [-0.1, -0.05) is 17.7 Å². The van der Waals surface area contributed by atoms with Crippen LogP contribution in [-0.4, -0.2) is 18.3 Å². The second kappa shape index (κ2) is 5.91. The average Bonchev–Trinajstić information content (AvgIpc) is 2.26. The fraction of sp³-hybridized carbons (Fsp3) is 0.571. The van der Waals surface area contributed by atoms with Gasteiger partial charge in [0.05, 0.1) is 24.9 Å². The minimum Gasteiger partial charge on any atom is -0.399 e. The fourth-order valence-electron chi connectivity index (χ4n) is 2.37. The Kier molecular flexibility index (Phi) is 4.49. The summed E-state index contributed by atoms with van der Waals surface area (Å²) in [6, 6.07) is 5.53. The van der Waals surface area contributed by atoms with E-state index in [1.54, 1.807) is 6.07 Å². The summed E-state index contributed by atoms with van der Waals surface area (Å²) >= 11 is 6.12. The van der Waals surface area contributed by atoms with Gasteiger partial charge in [-0.05, 0) is 44.4 Å². The summed E-state index contributed by atoms with van der Waals surface area (Å²) in [5, 5.41) is 0.670. The summed E-state index contributed by atoms with van der Waals surface area (Å²) in [5.74, 6) is 0. The standard InChI is InChI=1S/C14H20ClNO2/c1-9-5-13(6-10(2)18-9)17-8-11-3-4-12(16)7-14(11)15/h3-4,7,9-10,13H,5-6,8,16H2,1-2H3. The lowest BCUT2D eigenvalue weighted by molar-refractivity contribution is -0.106. The van der Waals surface area contributed by atoms with E-state index in [0.29, 0.717) is 17.3 Å². The molecule has 0 aliphatic carbocycles. The van der Waals surface area contributed by atoms with Crippen LogP contribution < -0.4 is 5.73 Å². The molecule has 1 heterocycles. The Morgan fingerprint density at radius 1 is 1.33 bits per heavy atom. The van der Waals surface area contributed by atoms with Gasteiger partial charge in [0, 0.05) is 10.7 Å². The highest BCUT2D eigenvalue weighted by Gasteiger charge is 2.24. The zero-order chi connectivity index (χ0) is 13.1. The topological polar surface area (TPSA) is 44.5 Å². The molecule has 1 saturated heterocycles. The van der Waals surface area contributed by atoms with Gasteiger partial charge in [0.2, 0.25) is 0 Å². The maximum absolute atomic E-state index is 6.12. The van der Waals surface area contributed by atoms with Gasteiger partial charge >= 0.3 is 0 Å². The van der Waals surface area contributed by atoms with Gasteiger partial charge in [0.1, 0.15) is 0 Å². The Bertz CT molecular complexity index is 401. The predicted molar refractivity (Wildman–Crippen MR) is 73.7 cm³/mol. The van der Waals surface area contributed by atoms with Gasteiger partial charge in [-0.3, -0.25) is 0 Å². The lowest BCUT2D eigenvalue weighted by Crippen LogP contribution is -2.34. The number of anilines is 1. The van der Waals surface area contributed by atoms with Crippen LogP contribution in [-0.2, 0) is 16.1 Å². The highest BCUT2D eigenvalue weighted by Crippen LogP contribution is 2.25. The first-order valence-corrected chi connectivity index (χ1v) is 6.73. The van der Waals surface area contributed by atoms with Gasteiger partial charge in [-0.15, -0.1) is 0 Å². The molecule has 0 amide bonds. The maximum atomic E-state index is 6.12. The molecular formula is C14H20ClNO2. The van der Waals surface area contributed by atoms with Gasteiger partial charge in [-0.2, -0.15) is 0 Å². The second-order valence-electron chi connectivity index (χ2n) is 5.01. The van der Waals surface area contributed by atoms with Crippen molar-refractivity contribution in [3.63, 3.8) is 0 Å². The van der Waals surface area contributed by atoms with Crippen molar-refractivity contribution in [1.82, 2.24) is 0 Å². The Hall–Kier alpha value is -0.770. The molecule has 100 valence electrons. The smallest absolute Gasteiger partial charge is 0.0735 e. The molecular weight excluding hydrogens is 250 g/mol. The van der Waals surface area contributed by atoms with Crippen LogP contribution in [0.15, 0.2) is 18.2 Å². The first-order valence-electron chi connectivity index (χ1n) is 6.35. The summed E-state index contributed by atoms with van der Waals surface area (Å²) in [4.78, 5) is 0. The third kappa shape index (κ3) is 3.61. The van der Waals surface area contributed by atoms with Crippen LogP contribution >= 0.6 is 11.6 Å². The second-order valence-corrected chi connectivity index (χ2v) is 5.42. The van der Waals surface area contributed by atoms with Gasteiger partial charge in [0.15, 0.2) is 0 Å². The monoisotopic (exact) mass is 269 g/mol. The van der Waals surface area contributed by atoms with Crippen LogP contribution in [0.25, 0.3) is 0 Å². The number of hydrogen-bond acceptors (Lipinski definition) is 3. The zero-order valence-electron chi connectivity index (χ0n) is 10.9. The maximum Gasteiger partial charge on any atom is 0.0735 e. The van der Waals surface area contributed by atoms with E-state index in [-0.39, 0.29) is 18.3 Å². The fourth-order valence-corrected chi connectivity index (χ4v) is 2.61. The number of ether oxygens (including phenoxy) is 2. The van der Waals surface area contributed by atoms with Crippen LogP contribution in [0, 0.1) is 0 Å². The van der Waals surface area contributed by atoms with Crippen LogP contribution in [0.4, 0.5) is 5.69 Å². The van der Waals surface area contributed by atoms with Gasteiger partial charge < -0.3 is 15.2 Å². The zero-order valence-corrected chi connectivity index (χ0v) is 11.6. The molecule has 0 bridgehead atoms. The van der Waals surface area contributed by atoms with Crippen LogP contribution in [0.5, 0.6) is 0 Å². The van der Waals surface area contributed by atoms with E-state index < -0.39 is 0 Å². The van der Waals surface area contributed by atoms with E-state index in [1.807, 2.05) is 12.1 Å². The molecule has 0 aromatic heterocycles. The molecule has 1 fully saturated rings. The predicted octanol–water partition coefficient (Wildman–Crippen LogP) is 3.39. The summed E-state index contributed by atoms with van der Waals surface area (Å²) in [6.45, 7) is 4.70. The van der Waals surface area contributed by atoms with E-state index >= 15 is 0 Å². The van der Waals surface area contributed by atoms with Crippen molar-refractivity contribution >= 4 is 17.3 Å². The first-order chi connectivity index (χ1) is 8.54. The molecule has 2 rings (SSSR count). The molecule has 2 atom stereocenters. The van der Waals surface area contributed by atoms with Crippen molar-refractivity contribution in [3.05, 3.63) is 28.8 Å². The highest BCUT2D eigenvalue weighted by atomic mass is 35.5. The molecule has 3 nitrogen and oxygen atoms in total. The summed E-state index contributed by atoms with van der Waals surface area (Å²) in [5.41, 5.74) is 7.32. The number of halogens is 1. The Labute approximate surface area is 113 Å². The largest absolute Gasteiger partial charge is 0.399 e. The quantitative estimate of drug-likeness (QED) is 0.856. The number of hydrogen-bond donors (Lipinski definition) is 1. The molecule has 0 spiro atoms. The lowest BCUT2D eigenvalue weighted by Gasteiger charge is -2.32. The number of nitrogens with two attached hydrogens (primary N) is 1. The Morgan fingerprint density at radius 3 is 2.61 bits per heavy atom. The molecule has 18 heavy (non-hydrogen) atoms. The third-order valence-electron chi connectivity index (χ3n) is 3.21. The lowest BCUT2D eigenvalue weighted by atomic mass is 10.0. The summed E-state index contributed by atoms with van der Waals surface area (Å²) in [6.07, 6.45) is 2.66. The summed E-state index contributed by atoms with van der Waals surface area (Å²) in [7, 11) is 0. The number of nitrogen functional groups attached to an aromatic ring is 1. The molecule has 0 radical (unpaired) electrons. The SMILES string of the molecule is CC1CC(OCc2ccc(N)cc2Cl)CC(C)O1. The van der Waals surface area contributed by atoms with E-state index in [9.17, 15) is 0 Å². The molecule has 2 N–H and O–H groups in total. The normalized spacial score (nSPS) is 28.3. The van der Waals surface area contributed by atoms with Crippen molar-refractivity contribution in [2.24, 2.45) is 0 Å². The molecule has 1 aliphatic rings. The first kappa shape index (κ1) is 13.7. The molecule has 4 heteroatoms. The minimum atomic E-state index is 0.248. The molecule has 1 aliphatic heterocycles. The average molecular weight is 270 g/mol. The van der Waals surface area contributed by atoms with E-state index in [4.69, 9.17) is 26.8 Å². The van der Waals surface area contributed by atoms with Crippen molar-refractivity contribution < 1.29 is 9.47 Å². The van der Waals surface area contributed by atoms with Gasteiger partial charge in [0.25, 0.3) is 0 Å². The van der Waals surface area contributed by atoms with Crippen molar-refractivity contribution in [3.8, 4) is 0 Å². The number of benzene rings is 1. The van der Waals surface area contributed by atoms with E-state index in [0.717, 1.165) is 18.4 Å². The van der Waals surface area contributed by atoms with Crippen LogP contribution in [0.2, 0.25) is 5.02 Å². The van der Waals surface area contributed by atoms with Crippen LogP contribution in [0.3, 0.4) is 0 Å². The number of rotatable bonds is 3. The van der Waals surface area contributed by atoms with Gasteiger partial charge in [-0.25, -0.2) is 0 Å². The Balaban J connectivity index is 1.91. The highest BCUT2D eigenvalue weighted by molar-refractivity contribution is 6.31. The van der Waals surface area contributed by atoms with Crippen molar-refractivity contribution in [2.45, 2.75) is 51.6 Å². The summed E-state index contributed by atoms with van der Waals surface area (Å²) < 4.78 is 11.6. The van der Waals surface area contributed by atoms with Crippen molar-refractivity contribution in [2.75, 3.05) is 5.73 Å². The molecule has 1 aromatic carbocycles. The molecule has 2 unspecified atom stereocenters. The Morgan fingerprint density at radius 2 is 2.00 bits per heavy atom. The van der Waals surface area contributed by atoms with Crippen LogP contribution in [0.1, 0.15) is 32.3 Å². The van der Waals surface area contributed by atoms with E-state index in [2.05, 4.69) is 13.8 Å². The van der Waals surface area contributed by atoms with Crippen molar-refractivity contribution in [1.29, 1.82) is 0 Å². The third-order valence-corrected chi connectivity index (χ3v) is 3.56.